The first-order chi connectivity index (χ1) is 12.7. The quantitative estimate of drug-likeness (QED) is 0.264. The van der Waals surface area contributed by atoms with Crippen molar-refractivity contribution in [2.75, 3.05) is 27.7 Å². The Bertz CT molecular complexity index is 365. The zero-order chi connectivity index (χ0) is 20.6. The molecule has 0 aromatic carbocycles. The van der Waals surface area contributed by atoms with Crippen molar-refractivity contribution in [2.24, 2.45) is 0 Å². The molecule has 0 aliphatic rings. The number of unbranched alkanes of at least 4 members (excludes halogenated alkanes) is 13. The number of rotatable bonds is 19. The fourth-order valence-electron chi connectivity index (χ4n) is 4.02. The van der Waals surface area contributed by atoms with Gasteiger partial charge in [-0.15, -0.1) is 0 Å². The topological polar surface area (TPSA) is 60.4 Å². The van der Waals surface area contributed by atoms with Crippen LogP contribution >= 0.6 is 0 Å². The molecule has 0 fully saturated rings. The van der Waals surface area contributed by atoms with Gasteiger partial charge in [-0.3, -0.25) is 0 Å². The van der Waals surface area contributed by atoms with Crippen LogP contribution in [0.4, 0.5) is 0 Å². The number of hydrogen-bond acceptors (Lipinski definition) is 3. The van der Waals surface area contributed by atoms with E-state index in [-0.39, 0.29) is 6.42 Å². The summed E-state index contributed by atoms with van der Waals surface area (Å²) in [6, 6.07) is 0. The summed E-state index contributed by atoms with van der Waals surface area (Å²) in [6.07, 6.45) is 18.4. The zero-order valence-corrected chi connectivity index (χ0v) is 18.7. The molecule has 0 aromatic rings. The molecular formula is C23H47NO3. The Labute approximate surface area is 168 Å². The van der Waals surface area contributed by atoms with Gasteiger partial charge in [0.2, 0.25) is 0 Å². The van der Waals surface area contributed by atoms with Crippen molar-refractivity contribution in [1.29, 1.82) is 0 Å². The van der Waals surface area contributed by atoms with Crippen LogP contribution in [-0.2, 0) is 4.79 Å². The van der Waals surface area contributed by atoms with Crippen molar-refractivity contribution < 1.29 is 19.5 Å². The van der Waals surface area contributed by atoms with Crippen LogP contribution in [0.1, 0.15) is 110 Å². The first-order valence-corrected chi connectivity index (χ1v) is 11.4. The molecule has 0 saturated heterocycles. The molecule has 0 amide bonds. The second kappa shape index (κ2) is 15.3. The monoisotopic (exact) mass is 385 g/mol. The summed E-state index contributed by atoms with van der Waals surface area (Å²) in [4.78, 5) is 11.0. The Morgan fingerprint density at radius 2 is 1.15 bits per heavy atom. The van der Waals surface area contributed by atoms with Crippen LogP contribution in [0.2, 0.25) is 0 Å². The number of likely N-dealkylation sites (N-methyl/N-ethyl adjacent to an activating group) is 1. The lowest BCUT2D eigenvalue weighted by Gasteiger charge is -2.36. The minimum Gasteiger partial charge on any atom is -0.550 e. The number of hydrogen-bond donors (Lipinski definition) is 1. The van der Waals surface area contributed by atoms with Crippen molar-refractivity contribution >= 4 is 5.97 Å². The van der Waals surface area contributed by atoms with Crippen LogP contribution in [0.3, 0.4) is 0 Å². The summed E-state index contributed by atoms with van der Waals surface area (Å²) in [6.45, 7) is 2.71. The molecule has 0 aliphatic heterocycles. The second-order valence-electron chi connectivity index (χ2n) is 9.57. The molecule has 0 aromatic heterocycles. The number of nitrogens with zero attached hydrogens (tertiary/aromatic N) is 1. The van der Waals surface area contributed by atoms with Crippen LogP contribution in [0, 0.1) is 0 Å². The number of carbonyl (C=O) groups is 1. The third-order valence-corrected chi connectivity index (χ3v) is 5.24. The number of carboxylic acids is 1. The molecule has 0 radical (unpaired) electrons. The fourth-order valence-corrected chi connectivity index (χ4v) is 4.02. The highest BCUT2D eigenvalue weighted by Gasteiger charge is 2.33. The van der Waals surface area contributed by atoms with Gasteiger partial charge in [0.15, 0.2) is 0 Å². The molecule has 0 bridgehead atoms. The lowest BCUT2D eigenvalue weighted by atomic mass is 9.91. The van der Waals surface area contributed by atoms with E-state index >= 15 is 0 Å². The minimum absolute atomic E-state index is 0.263. The second-order valence-corrected chi connectivity index (χ2v) is 9.57. The average Bonchev–Trinajstić information content (AvgIpc) is 2.52. The molecule has 27 heavy (non-hydrogen) atoms. The fraction of sp³-hybridized carbons (Fsp3) is 0.957. The highest BCUT2D eigenvalue weighted by molar-refractivity contribution is 5.65. The smallest absolute Gasteiger partial charge is 0.119 e. The summed E-state index contributed by atoms with van der Waals surface area (Å²) in [5, 5.41) is 21.6. The molecule has 0 aliphatic carbocycles. The van der Waals surface area contributed by atoms with E-state index in [2.05, 4.69) is 6.92 Å². The first-order valence-electron chi connectivity index (χ1n) is 11.4. The summed E-state index contributed by atoms with van der Waals surface area (Å²) in [5.74, 6) is -1.16. The van der Waals surface area contributed by atoms with Crippen molar-refractivity contribution in [3.05, 3.63) is 0 Å². The van der Waals surface area contributed by atoms with Crippen molar-refractivity contribution in [3.63, 3.8) is 0 Å². The number of quaternary nitrogens is 1. The lowest BCUT2D eigenvalue weighted by molar-refractivity contribution is -0.877. The average molecular weight is 386 g/mol. The van der Waals surface area contributed by atoms with E-state index in [1.54, 1.807) is 0 Å². The summed E-state index contributed by atoms with van der Waals surface area (Å²) >= 11 is 0. The lowest BCUT2D eigenvalue weighted by Crippen LogP contribution is -2.51. The van der Waals surface area contributed by atoms with Gasteiger partial charge in [-0.25, -0.2) is 0 Å². The van der Waals surface area contributed by atoms with Gasteiger partial charge in [-0.2, -0.15) is 0 Å². The number of carbonyl (C=O) groups excluding carboxylic acids is 1. The van der Waals surface area contributed by atoms with Gasteiger partial charge in [0.25, 0.3) is 0 Å². The summed E-state index contributed by atoms with van der Waals surface area (Å²) in [7, 11) is 5.93. The standard InChI is InChI=1S/C23H47NO3/c1-5-6-7-8-9-10-11-12-13-14-15-16-17-18-19-23(27,20-22(25)26)21-24(2,3)4/h27H,5-21H2,1-4H3/t23-/m1/s1. The molecule has 0 heterocycles. The maximum atomic E-state index is 11.0. The largest absolute Gasteiger partial charge is 0.550 e. The Balaban J connectivity index is 3.64. The van der Waals surface area contributed by atoms with Crippen LogP contribution in [0.5, 0.6) is 0 Å². The van der Waals surface area contributed by atoms with Crippen LogP contribution in [0.15, 0.2) is 0 Å². The number of aliphatic carboxylic acids is 1. The summed E-state index contributed by atoms with van der Waals surface area (Å²) < 4.78 is 0.558. The van der Waals surface area contributed by atoms with E-state index in [0.717, 1.165) is 12.8 Å². The highest BCUT2D eigenvalue weighted by atomic mass is 16.4. The molecule has 0 saturated carbocycles. The number of carboxylic acid groups (broad SMARTS) is 1. The van der Waals surface area contributed by atoms with Gasteiger partial charge in [-0.1, -0.05) is 96.8 Å². The SMILES string of the molecule is CCCCCCCCCCCCCCCC[C@@](O)(CC(=O)[O-])C[N+](C)(C)C. The van der Waals surface area contributed by atoms with Crippen molar-refractivity contribution in [1.82, 2.24) is 0 Å². The molecule has 1 N–H and O–H groups in total. The minimum atomic E-state index is -1.16. The van der Waals surface area contributed by atoms with E-state index in [0.29, 0.717) is 17.4 Å². The van der Waals surface area contributed by atoms with E-state index in [1.807, 2.05) is 21.1 Å². The maximum absolute atomic E-state index is 11.0. The molecule has 0 spiro atoms. The molecule has 4 heteroatoms. The molecule has 4 nitrogen and oxygen atoms in total. The van der Waals surface area contributed by atoms with Gasteiger partial charge in [0.05, 0.1) is 21.1 Å². The summed E-state index contributed by atoms with van der Waals surface area (Å²) in [5.41, 5.74) is -1.14. The van der Waals surface area contributed by atoms with Crippen LogP contribution < -0.4 is 5.11 Å². The molecule has 1 atom stereocenters. The van der Waals surface area contributed by atoms with Gasteiger partial charge in [0, 0.05) is 12.4 Å². The highest BCUT2D eigenvalue weighted by Crippen LogP contribution is 2.22. The number of aliphatic hydroxyl groups is 1. The molecule has 0 unspecified atom stereocenters. The van der Waals surface area contributed by atoms with Gasteiger partial charge < -0.3 is 19.5 Å². The van der Waals surface area contributed by atoms with Crippen molar-refractivity contribution in [3.8, 4) is 0 Å². The van der Waals surface area contributed by atoms with Gasteiger partial charge in [-0.05, 0) is 6.42 Å². The Kier molecular flexibility index (Phi) is 15.0. The maximum Gasteiger partial charge on any atom is 0.119 e. The van der Waals surface area contributed by atoms with E-state index in [9.17, 15) is 15.0 Å². The predicted molar refractivity (Wildman–Crippen MR) is 112 cm³/mol. The van der Waals surface area contributed by atoms with Crippen LogP contribution in [0.25, 0.3) is 0 Å². The van der Waals surface area contributed by atoms with Gasteiger partial charge in [0.1, 0.15) is 12.1 Å². The normalized spacial score (nSPS) is 14.3. The zero-order valence-electron chi connectivity index (χ0n) is 18.7. The molecule has 162 valence electrons. The van der Waals surface area contributed by atoms with E-state index < -0.39 is 11.6 Å². The van der Waals surface area contributed by atoms with Gasteiger partial charge >= 0.3 is 0 Å². The molecular weight excluding hydrogens is 338 g/mol. The Morgan fingerprint density at radius 1 is 0.778 bits per heavy atom. The predicted octanol–water partition coefficient (Wildman–Crippen LogP) is 4.44. The third-order valence-electron chi connectivity index (χ3n) is 5.24. The van der Waals surface area contributed by atoms with E-state index in [4.69, 9.17) is 0 Å². The van der Waals surface area contributed by atoms with Crippen molar-refractivity contribution in [2.45, 2.75) is 115 Å². The Morgan fingerprint density at radius 3 is 1.48 bits per heavy atom. The van der Waals surface area contributed by atoms with E-state index in [1.165, 1.54) is 77.0 Å². The third kappa shape index (κ3) is 18.5. The molecule has 0 rings (SSSR count). The first kappa shape index (κ1) is 26.4. The van der Waals surface area contributed by atoms with Crippen LogP contribution in [-0.4, -0.2) is 48.8 Å². The Hall–Kier alpha value is -0.610.